The highest BCUT2D eigenvalue weighted by Crippen LogP contribution is 2.23. The second-order valence-electron chi connectivity index (χ2n) is 2.02. The van der Waals surface area contributed by atoms with Crippen molar-refractivity contribution in [1.82, 2.24) is 0 Å². The summed E-state index contributed by atoms with van der Waals surface area (Å²) in [5.41, 5.74) is 1.26. The van der Waals surface area contributed by atoms with Crippen molar-refractivity contribution in [2.45, 2.75) is 13.8 Å². The predicted molar refractivity (Wildman–Crippen MR) is 55.5 cm³/mol. The second kappa shape index (κ2) is 6.05. The maximum atomic E-state index is 3.66. The van der Waals surface area contributed by atoms with E-state index in [-0.39, 0.29) is 0 Å². The molecular formula is C10H14S. The van der Waals surface area contributed by atoms with Crippen LogP contribution in [0.25, 0.3) is 0 Å². The molecule has 60 valence electrons. The van der Waals surface area contributed by atoms with E-state index in [2.05, 4.69) is 26.2 Å². The standard InChI is InChI=1S/C10H14S/c1-5-8-10(11-7-3)9(4)6-2/h5-8H,1,3H2,2,4H3/b9-6-,10-8+. The molecule has 1 heteroatoms. The third-order valence-electron chi connectivity index (χ3n) is 1.30. The molecule has 0 bridgehead atoms. The first-order chi connectivity index (χ1) is 5.26. The van der Waals surface area contributed by atoms with Crippen LogP contribution in [-0.2, 0) is 0 Å². The molecule has 0 nitrogen and oxygen atoms in total. The maximum absolute atomic E-state index is 3.66. The van der Waals surface area contributed by atoms with Gasteiger partial charge in [0.1, 0.15) is 0 Å². The van der Waals surface area contributed by atoms with Crippen LogP contribution in [0.5, 0.6) is 0 Å². The van der Waals surface area contributed by atoms with Gasteiger partial charge < -0.3 is 0 Å². The third kappa shape index (κ3) is 3.89. The van der Waals surface area contributed by atoms with Crippen molar-refractivity contribution in [3.05, 3.63) is 47.3 Å². The minimum Gasteiger partial charge on any atom is -0.0990 e. The molecule has 0 radical (unpaired) electrons. The molecule has 0 aromatic heterocycles. The lowest BCUT2D eigenvalue weighted by atomic mass is 10.2. The minimum absolute atomic E-state index is 1.21. The lowest BCUT2D eigenvalue weighted by molar-refractivity contribution is 1.46. The van der Waals surface area contributed by atoms with Gasteiger partial charge in [-0.2, -0.15) is 0 Å². The average molecular weight is 166 g/mol. The zero-order valence-corrected chi connectivity index (χ0v) is 7.95. The van der Waals surface area contributed by atoms with E-state index in [0.717, 1.165) is 0 Å². The van der Waals surface area contributed by atoms with Gasteiger partial charge in [0.05, 0.1) is 0 Å². The van der Waals surface area contributed by atoms with Gasteiger partial charge >= 0.3 is 0 Å². The predicted octanol–water partition coefficient (Wildman–Crippen LogP) is 3.90. The van der Waals surface area contributed by atoms with Gasteiger partial charge in [0.15, 0.2) is 0 Å². The molecule has 0 saturated heterocycles. The number of thioether (sulfide) groups is 1. The van der Waals surface area contributed by atoms with Crippen molar-refractivity contribution in [2.24, 2.45) is 0 Å². The Kier molecular flexibility index (Phi) is 5.67. The Bertz CT molecular complexity index is 197. The zero-order chi connectivity index (χ0) is 8.69. The molecule has 0 aliphatic heterocycles. The molecule has 0 amide bonds. The molecule has 0 aromatic carbocycles. The lowest BCUT2D eigenvalue weighted by Gasteiger charge is -2.01. The van der Waals surface area contributed by atoms with Gasteiger partial charge in [-0.1, -0.05) is 37.1 Å². The van der Waals surface area contributed by atoms with Gasteiger partial charge in [0, 0.05) is 4.91 Å². The highest BCUT2D eigenvalue weighted by Gasteiger charge is 1.94. The van der Waals surface area contributed by atoms with Crippen molar-refractivity contribution in [3.8, 4) is 0 Å². The van der Waals surface area contributed by atoms with Crippen LogP contribution >= 0.6 is 11.8 Å². The summed E-state index contributed by atoms with van der Waals surface area (Å²) in [5.74, 6) is 0. The van der Waals surface area contributed by atoms with Crippen LogP contribution in [0.3, 0.4) is 0 Å². The molecule has 0 unspecified atom stereocenters. The molecule has 0 aliphatic rings. The van der Waals surface area contributed by atoms with E-state index in [1.165, 1.54) is 10.5 Å². The Hall–Kier alpha value is -0.690. The fourth-order valence-electron chi connectivity index (χ4n) is 0.603. The SMILES string of the molecule is C=C/C=C(SC=C)\C(C)=C/C. The van der Waals surface area contributed by atoms with Gasteiger partial charge in [-0.05, 0) is 30.9 Å². The molecule has 0 fully saturated rings. The molecular weight excluding hydrogens is 152 g/mol. The van der Waals surface area contributed by atoms with Crippen LogP contribution in [-0.4, -0.2) is 0 Å². The van der Waals surface area contributed by atoms with E-state index in [0.29, 0.717) is 0 Å². The van der Waals surface area contributed by atoms with Crippen molar-refractivity contribution in [1.29, 1.82) is 0 Å². The van der Waals surface area contributed by atoms with E-state index in [4.69, 9.17) is 0 Å². The van der Waals surface area contributed by atoms with E-state index in [1.54, 1.807) is 17.8 Å². The summed E-state index contributed by atoms with van der Waals surface area (Å²) in [7, 11) is 0. The van der Waals surface area contributed by atoms with E-state index < -0.39 is 0 Å². The van der Waals surface area contributed by atoms with Gasteiger partial charge in [0.25, 0.3) is 0 Å². The Morgan fingerprint density at radius 1 is 1.36 bits per heavy atom. The van der Waals surface area contributed by atoms with E-state index in [1.807, 2.05) is 18.4 Å². The van der Waals surface area contributed by atoms with Crippen molar-refractivity contribution >= 4 is 11.8 Å². The first-order valence-corrected chi connectivity index (χ1v) is 4.37. The average Bonchev–Trinajstić information content (AvgIpc) is 2.03. The fraction of sp³-hybridized carbons (Fsp3) is 0.200. The molecule has 0 atom stereocenters. The number of hydrogen-bond acceptors (Lipinski definition) is 1. The fourth-order valence-corrected chi connectivity index (χ4v) is 1.26. The van der Waals surface area contributed by atoms with Gasteiger partial charge in [-0.3, -0.25) is 0 Å². The second-order valence-corrected chi connectivity index (χ2v) is 3.03. The number of hydrogen-bond donors (Lipinski definition) is 0. The first kappa shape index (κ1) is 10.3. The molecule has 0 spiro atoms. The third-order valence-corrected chi connectivity index (χ3v) is 2.18. The monoisotopic (exact) mass is 166 g/mol. The quantitative estimate of drug-likeness (QED) is 0.571. The molecule has 0 aliphatic carbocycles. The van der Waals surface area contributed by atoms with E-state index >= 15 is 0 Å². The molecule has 0 rings (SSSR count). The number of allylic oxidation sites excluding steroid dienone is 4. The summed E-state index contributed by atoms with van der Waals surface area (Å²) in [5, 5.41) is 1.82. The highest BCUT2D eigenvalue weighted by molar-refractivity contribution is 8.06. The van der Waals surface area contributed by atoms with Crippen LogP contribution in [0, 0.1) is 0 Å². The summed E-state index contributed by atoms with van der Waals surface area (Å²) in [4.78, 5) is 1.21. The summed E-state index contributed by atoms with van der Waals surface area (Å²) < 4.78 is 0. The van der Waals surface area contributed by atoms with Crippen LogP contribution < -0.4 is 0 Å². The van der Waals surface area contributed by atoms with Gasteiger partial charge in [-0.15, -0.1) is 0 Å². The van der Waals surface area contributed by atoms with Crippen molar-refractivity contribution in [2.75, 3.05) is 0 Å². The lowest BCUT2D eigenvalue weighted by Crippen LogP contribution is -1.76. The Balaban J connectivity index is 4.45. The first-order valence-electron chi connectivity index (χ1n) is 3.49. The van der Waals surface area contributed by atoms with E-state index in [9.17, 15) is 0 Å². The molecule has 0 saturated carbocycles. The maximum Gasteiger partial charge on any atom is 0.0141 e. The van der Waals surface area contributed by atoms with Crippen molar-refractivity contribution < 1.29 is 0 Å². The normalized spacial score (nSPS) is 12.9. The van der Waals surface area contributed by atoms with Crippen LogP contribution in [0.4, 0.5) is 0 Å². The zero-order valence-electron chi connectivity index (χ0n) is 7.13. The molecule has 0 aromatic rings. The topological polar surface area (TPSA) is 0 Å². The minimum atomic E-state index is 1.21. The Morgan fingerprint density at radius 2 is 2.00 bits per heavy atom. The molecule has 0 heterocycles. The largest absolute Gasteiger partial charge is 0.0990 e. The van der Waals surface area contributed by atoms with Gasteiger partial charge in [-0.25, -0.2) is 0 Å². The molecule has 0 N–H and O–H groups in total. The summed E-state index contributed by atoms with van der Waals surface area (Å²) in [6.45, 7) is 11.4. The summed E-state index contributed by atoms with van der Waals surface area (Å²) in [6.07, 6.45) is 5.85. The number of rotatable bonds is 4. The van der Waals surface area contributed by atoms with Crippen LogP contribution in [0.2, 0.25) is 0 Å². The van der Waals surface area contributed by atoms with Gasteiger partial charge in [0.2, 0.25) is 0 Å². The molecule has 11 heavy (non-hydrogen) atoms. The summed E-state index contributed by atoms with van der Waals surface area (Å²) >= 11 is 1.62. The summed E-state index contributed by atoms with van der Waals surface area (Å²) in [6, 6.07) is 0. The smallest absolute Gasteiger partial charge is 0.0141 e. The Labute approximate surface area is 73.4 Å². The van der Waals surface area contributed by atoms with Crippen LogP contribution in [0.1, 0.15) is 13.8 Å². The highest BCUT2D eigenvalue weighted by atomic mass is 32.2. The van der Waals surface area contributed by atoms with Crippen LogP contribution in [0.15, 0.2) is 47.3 Å². The van der Waals surface area contributed by atoms with Crippen molar-refractivity contribution in [3.63, 3.8) is 0 Å². The Morgan fingerprint density at radius 3 is 2.36 bits per heavy atom.